The number of carbonyl (C=O) groups is 2. The highest BCUT2D eigenvalue weighted by Crippen LogP contribution is 2.25. The van der Waals surface area contributed by atoms with Gasteiger partial charge >= 0.3 is 11.9 Å². The predicted octanol–water partition coefficient (Wildman–Crippen LogP) is 2.07. The van der Waals surface area contributed by atoms with Gasteiger partial charge in [-0.05, 0) is 78.5 Å². The zero-order valence-electron chi connectivity index (χ0n) is 19.9. The third-order valence-corrected chi connectivity index (χ3v) is 7.54. The number of rotatable bonds is 5. The van der Waals surface area contributed by atoms with Gasteiger partial charge in [-0.1, -0.05) is 17.7 Å². The smallest absolute Gasteiger partial charge is 0.317 e. The van der Waals surface area contributed by atoms with Gasteiger partial charge in [-0.15, -0.1) is 0 Å². The van der Waals surface area contributed by atoms with Gasteiger partial charge in [0.2, 0.25) is 0 Å². The van der Waals surface area contributed by atoms with Crippen molar-refractivity contribution in [3.8, 4) is 0 Å². The molecule has 0 atom stereocenters. The van der Waals surface area contributed by atoms with Crippen LogP contribution in [0.5, 0.6) is 0 Å². The van der Waals surface area contributed by atoms with Crippen molar-refractivity contribution in [1.82, 2.24) is 30.8 Å². The number of nitrogens with one attached hydrogen (secondary N) is 3. The Morgan fingerprint density at radius 2 is 2.00 bits per heavy atom. The van der Waals surface area contributed by atoms with Crippen molar-refractivity contribution < 1.29 is 9.59 Å². The van der Waals surface area contributed by atoms with Crippen molar-refractivity contribution in [3.63, 3.8) is 0 Å². The summed E-state index contributed by atoms with van der Waals surface area (Å²) in [6.07, 6.45) is 3.20. The van der Waals surface area contributed by atoms with E-state index in [-0.39, 0.29) is 28.9 Å². The first-order chi connectivity index (χ1) is 17.2. The number of anilines is 2. The van der Waals surface area contributed by atoms with Crippen LogP contribution < -0.4 is 27.4 Å². The Bertz CT molecular complexity index is 1200. The Morgan fingerprint density at radius 3 is 2.72 bits per heavy atom. The van der Waals surface area contributed by atoms with E-state index in [2.05, 4.69) is 30.9 Å². The molecule has 1 spiro atoms. The van der Waals surface area contributed by atoms with Crippen LogP contribution in [-0.4, -0.2) is 64.5 Å². The molecule has 2 aliphatic rings. The standard InChI is InChI=1S/C23H29ClIN9O2/c1-13-11-15(24)5-4-14(13)3-2-8-28-22(36)34-9-6-23(7-10-34)12-29-21(33-23)32-20(35)16-18(26)31-19(27)17(25)30-16/h4-5,11H,2-3,6-10,12H2,1H3,(H,28,36)(H4,26,27,31)(H2,29,32,33,35). The molecule has 36 heavy (non-hydrogen) atoms. The van der Waals surface area contributed by atoms with Crippen LogP contribution in [0.15, 0.2) is 23.2 Å². The summed E-state index contributed by atoms with van der Waals surface area (Å²) in [5.74, 6) is -0.127. The fourth-order valence-corrected chi connectivity index (χ4v) is 4.97. The number of piperidine rings is 1. The molecular weight excluding hydrogens is 597 g/mol. The van der Waals surface area contributed by atoms with Crippen LogP contribution in [0.2, 0.25) is 5.02 Å². The normalized spacial score (nSPS) is 17.6. The Kier molecular flexibility index (Phi) is 8.03. The molecule has 2 fully saturated rings. The number of nitrogens with zero attached hydrogens (tertiary/aromatic N) is 4. The summed E-state index contributed by atoms with van der Waals surface area (Å²) in [6, 6.07) is 5.83. The molecule has 2 aromatic rings. The maximum Gasteiger partial charge on any atom is 0.317 e. The molecule has 3 heterocycles. The molecule has 0 bridgehead atoms. The second-order valence-electron chi connectivity index (χ2n) is 9.05. The minimum atomic E-state index is -0.601. The lowest BCUT2D eigenvalue weighted by Crippen LogP contribution is -2.55. The van der Waals surface area contributed by atoms with Crippen LogP contribution in [0.25, 0.3) is 0 Å². The molecule has 0 saturated carbocycles. The highest BCUT2D eigenvalue weighted by molar-refractivity contribution is 14.1. The van der Waals surface area contributed by atoms with Crippen LogP contribution in [0.3, 0.4) is 0 Å². The lowest BCUT2D eigenvalue weighted by Gasteiger charge is -2.38. The van der Waals surface area contributed by atoms with Gasteiger partial charge in [-0.3, -0.25) is 4.79 Å². The number of halogens is 2. The molecule has 13 heteroatoms. The first kappa shape index (κ1) is 26.2. The van der Waals surface area contributed by atoms with Crippen molar-refractivity contribution in [1.29, 1.82) is 0 Å². The quantitative estimate of drug-likeness (QED) is 0.249. The third-order valence-electron chi connectivity index (χ3n) is 6.51. The summed E-state index contributed by atoms with van der Waals surface area (Å²) in [5.41, 5.74) is 13.6. The molecule has 11 nitrogen and oxygen atoms in total. The maximum atomic E-state index is 12.6. The average molecular weight is 626 g/mol. The molecule has 4 rings (SSSR count). The van der Waals surface area contributed by atoms with E-state index in [1.54, 1.807) is 0 Å². The number of benzene rings is 1. The van der Waals surface area contributed by atoms with E-state index >= 15 is 0 Å². The molecule has 0 radical (unpaired) electrons. The Hall–Kier alpha value is -2.87. The summed E-state index contributed by atoms with van der Waals surface area (Å²) in [5, 5.41) is 10.2. The number of hydrogen-bond donors (Lipinski definition) is 5. The topological polar surface area (TPSA) is 164 Å². The van der Waals surface area contributed by atoms with Gasteiger partial charge < -0.3 is 32.3 Å². The van der Waals surface area contributed by atoms with E-state index in [0.29, 0.717) is 35.8 Å². The van der Waals surface area contributed by atoms with Crippen LogP contribution in [0.1, 0.15) is 40.9 Å². The molecule has 2 aliphatic heterocycles. The van der Waals surface area contributed by atoms with Crippen LogP contribution >= 0.6 is 34.2 Å². The first-order valence-electron chi connectivity index (χ1n) is 11.7. The molecule has 0 aliphatic carbocycles. The molecular formula is C23H29ClIN9O2. The SMILES string of the molecule is Cc1cc(Cl)ccc1CCCNC(=O)N1CCC2(CC1)CN/C(=N\C(=O)c1nc(I)c(N)nc1N)N2. The summed E-state index contributed by atoms with van der Waals surface area (Å²) >= 11 is 7.90. The van der Waals surface area contributed by atoms with Gasteiger partial charge in [-0.25, -0.2) is 14.8 Å². The van der Waals surface area contributed by atoms with Crippen molar-refractivity contribution in [2.75, 3.05) is 37.6 Å². The largest absolute Gasteiger partial charge is 0.382 e. The summed E-state index contributed by atoms with van der Waals surface area (Å²) in [4.78, 5) is 39.2. The Balaban J connectivity index is 1.24. The van der Waals surface area contributed by atoms with Crippen LogP contribution in [-0.2, 0) is 6.42 Å². The molecule has 2 saturated heterocycles. The highest BCUT2D eigenvalue weighted by Gasteiger charge is 2.40. The molecule has 192 valence electrons. The van der Waals surface area contributed by atoms with Gasteiger partial charge in [0.1, 0.15) is 3.70 Å². The van der Waals surface area contributed by atoms with Crippen LogP contribution in [0, 0.1) is 10.6 Å². The molecule has 1 aromatic carbocycles. The molecule has 1 aromatic heterocycles. The Labute approximate surface area is 228 Å². The number of aromatic nitrogens is 2. The minimum absolute atomic E-state index is 0.0386. The van der Waals surface area contributed by atoms with E-state index in [4.69, 9.17) is 23.1 Å². The van der Waals surface area contributed by atoms with Gasteiger partial charge in [0.05, 0.1) is 5.54 Å². The number of guanidine groups is 1. The number of urea groups is 1. The van der Waals surface area contributed by atoms with E-state index in [0.717, 1.165) is 36.3 Å². The van der Waals surface area contributed by atoms with Gasteiger partial charge in [0.15, 0.2) is 23.3 Å². The number of carbonyl (C=O) groups excluding carboxylic acids is 2. The number of likely N-dealkylation sites (tertiary alicyclic amines) is 1. The number of aryl methyl sites for hydroxylation is 2. The second kappa shape index (κ2) is 11.0. The molecule has 3 amide bonds. The Morgan fingerprint density at radius 1 is 1.25 bits per heavy atom. The average Bonchev–Trinajstić information content (AvgIpc) is 3.22. The number of hydrogen-bond acceptors (Lipinski definition) is 6. The van der Waals surface area contributed by atoms with Gasteiger partial charge in [0, 0.05) is 31.2 Å². The van der Waals surface area contributed by atoms with Crippen molar-refractivity contribution in [3.05, 3.63) is 43.7 Å². The number of nitrogens with two attached hydrogens (primary N) is 2. The van der Waals surface area contributed by atoms with E-state index in [1.165, 1.54) is 5.56 Å². The summed E-state index contributed by atoms with van der Waals surface area (Å²) in [7, 11) is 0. The number of amides is 3. The predicted molar refractivity (Wildman–Crippen MR) is 148 cm³/mol. The number of aliphatic imine (C=N–C) groups is 1. The number of nitrogen functional groups attached to an aromatic ring is 2. The van der Waals surface area contributed by atoms with E-state index in [1.807, 2.05) is 52.6 Å². The van der Waals surface area contributed by atoms with Crippen molar-refractivity contribution >= 4 is 63.7 Å². The lowest BCUT2D eigenvalue weighted by atomic mass is 9.89. The fourth-order valence-electron chi connectivity index (χ4n) is 4.38. The zero-order chi connectivity index (χ0) is 25.9. The van der Waals surface area contributed by atoms with E-state index < -0.39 is 5.91 Å². The van der Waals surface area contributed by atoms with Crippen molar-refractivity contribution in [2.45, 2.75) is 38.1 Å². The summed E-state index contributed by atoms with van der Waals surface area (Å²) in [6.45, 7) is 4.47. The summed E-state index contributed by atoms with van der Waals surface area (Å²) < 4.78 is 0.389. The van der Waals surface area contributed by atoms with Gasteiger partial charge in [0.25, 0.3) is 0 Å². The van der Waals surface area contributed by atoms with Gasteiger partial charge in [-0.2, -0.15) is 4.99 Å². The second-order valence-corrected chi connectivity index (χ2v) is 10.5. The third kappa shape index (κ3) is 6.09. The van der Waals surface area contributed by atoms with Crippen LogP contribution in [0.4, 0.5) is 16.4 Å². The first-order valence-corrected chi connectivity index (χ1v) is 13.1. The van der Waals surface area contributed by atoms with Crippen molar-refractivity contribution in [2.24, 2.45) is 4.99 Å². The zero-order valence-corrected chi connectivity index (χ0v) is 22.8. The molecule has 0 unspecified atom stereocenters. The maximum absolute atomic E-state index is 12.6. The fraction of sp³-hybridized carbons (Fsp3) is 0.435. The highest BCUT2D eigenvalue weighted by atomic mass is 127. The van der Waals surface area contributed by atoms with E-state index in [9.17, 15) is 9.59 Å². The lowest BCUT2D eigenvalue weighted by molar-refractivity contribution is 0.0998. The molecule has 7 N–H and O–H groups in total. The minimum Gasteiger partial charge on any atom is -0.382 e. The monoisotopic (exact) mass is 625 g/mol.